The number of carbonyl (C=O) groups excluding carboxylic acids is 3. The smallest absolute Gasteiger partial charge is 0.309 e. The Labute approximate surface area is 195 Å². The molecule has 2 aromatic rings. The van der Waals surface area contributed by atoms with E-state index in [1.807, 2.05) is 25.1 Å². The first-order valence-electron chi connectivity index (χ1n) is 10.5. The SMILES string of the molecule is CCOC(=O)C1CCN(C(=O)C(C)Sc2nnc(Nc3cccc(NC(C)=O)c3)s2)CC1. The molecular weight excluding hydrogens is 450 g/mol. The Morgan fingerprint density at radius 1 is 1.25 bits per heavy atom. The number of piperidine rings is 1. The molecule has 32 heavy (non-hydrogen) atoms. The first kappa shape index (κ1) is 24.0. The summed E-state index contributed by atoms with van der Waals surface area (Å²) in [6.07, 6.45) is 1.26. The van der Waals surface area contributed by atoms with E-state index in [9.17, 15) is 14.4 Å². The molecule has 1 aliphatic rings. The van der Waals surface area contributed by atoms with Crippen LogP contribution < -0.4 is 10.6 Å². The third-order valence-electron chi connectivity index (χ3n) is 4.89. The molecule has 0 bridgehead atoms. The van der Waals surface area contributed by atoms with Crippen molar-refractivity contribution in [3.05, 3.63) is 24.3 Å². The summed E-state index contributed by atoms with van der Waals surface area (Å²) >= 11 is 2.73. The van der Waals surface area contributed by atoms with Gasteiger partial charge in [0, 0.05) is 31.4 Å². The molecule has 1 atom stereocenters. The van der Waals surface area contributed by atoms with Crippen molar-refractivity contribution in [2.45, 2.75) is 43.2 Å². The Bertz CT molecular complexity index is 959. The first-order chi connectivity index (χ1) is 15.4. The Morgan fingerprint density at radius 2 is 1.97 bits per heavy atom. The summed E-state index contributed by atoms with van der Waals surface area (Å²) in [5, 5.41) is 14.5. The Hall–Kier alpha value is -2.66. The molecule has 2 amide bonds. The zero-order valence-electron chi connectivity index (χ0n) is 18.3. The molecule has 1 fully saturated rings. The number of ether oxygens (including phenoxy) is 1. The standard InChI is InChI=1S/C21H27N5O4S2/c1-4-30-19(29)15-8-10-26(11-9-15)18(28)13(2)31-21-25-24-20(32-21)23-17-7-5-6-16(12-17)22-14(3)27/h5-7,12-13,15H,4,8-11H2,1-3H3,(H,22,27)(H,23,24). The number of nitrogens with one attached hydrogen (secondary N) is 2. The second kappa shape index (κ2) is 11.3. The molecule has 1 saturated heterocycles. The zero-order valence-corrected chi connectivity index (χ0v) is 19.9. The predicted molar refractivity (Wildman–Crippen MR) is 125 cm³/mol. The number of aromatic nitrogens is 2. The number of anilines is 3. The molecule has 0 radical (unpaired) electrons. The van der Waals surface area contributed by atoms with E-state index in [2.05, 4.69) is 20.8 Å². The van der Waals surface area contributed by atoms with Gasteiger partial charge in [-0.15, -0.1) is 10.2 Å². The molecule has 1 aliphatic heterocycles. The highest BCUT2D eigenvalue weighted by Gasteiger charge is 2.30. The van der Waals surface area contributed by atoms with E-state index in [-0.39, 0.29) is 29.0 Å². The summed E-state index contributed by atoms with van der Waals surface area (Å²) in [6, 6.07) is 7.31. The van der Waals surface area contributed by atoms with Crippen molar-refractivity contribution in [1.82, 2.24) is 15.1 Å². The normalized spacial score (nSPS) is 15.2. The van der Waals surface area contributed by atoms with Crippen LogP contribution in [0.25, 0.3) is 0 Å². The number of hydrogen-bond acceptors (Lipinski definition) is 9. The minimum atomic E-state index is -0.307. The summed E-state index contributed by atoms with van der Waals surface area (Å²) in [4.78, 5) is 37.7. The van der Waals surface area contributed by atoms with Crippen LogP contribution in [-0.4, -0.2) is 57.8 Å². The van der Waals surface area contributed by atoms with Gasteiger partial charge in [0.1, 0.15) is 0 Å². The highest BCUT2D eigenvalue weighted by atomic mass is 32.2. The number of likely N-dealkylation sites (tertiary alicyclic amines) is 1. The topological polar surface area (TPSA) is 114 Å². The average Bonchev–Trinajstić information content (AvgIpc) is 3.19. The number of carbonyl (C=O) groups is 3. The minimum absolute atomic E-state index is 0.0324. The van der Waals surface area contributed by atoms with Crippen LogP contribution in [0.4, 0.5) is 16.5 Å². The van der Waals surface area contributed by atoms with Gasteiger partial charge in [-0.3, -0.25) is 14.4 Å². The van der Waals surface area contributed by atoms with Gasteiger partial charge >= 0.3 is 5.97 Å². The lowest BCUT2D eigenvalue weighted by atomic mass is 9.97. The molecule has 0 spiro atoms. The predicted octanol–water partition coefficient (Wildman–Crippen LogP) is 3.52. The Morgan fingerprint density at radius 3 is 2.66 bits per heavy atom. The molecule has 1 aromatic heterocycles. The molecule has 172 valence electrons. The lowest BCUT2D eigenvalue weighted by molar-refractivity contribution is -0.151. The van der Waals surface area contributed by atoms with E-state index in [4.69, 9.17) is 4.74 Å². The summed E-state index contributed by atoms with van der Waals surface area (Å²) < 4.78 is 5.77. The molecule has 9 nitrogen and oxygen atoms in total. The molecule has 3 rings (SSSR count). The maximum Gasteiger partial charge on any atom is 0.309 e. The van der Waals surface area contributed by atoms with E-state index in [1.54, 1.807) is 17.9 Å². The highest BCUT2D eigenvalue weighted by Crippen LogP contribution is 2.32. The fraction of sp³-hybridized carbons (Fsp3) is 0.476. The third-order valence-corrected chi connectivity index (χ3v) is 6.90. The van der Waals surface area contributed by atoms with Crippen LogP contribution in [0.2, 0.25) is 0 Å². The summed E-state index contributed by atoms with van der Waals surface area (Å²) in [6.45, 7) is 6.61. The van der Waals surface area contributed by atoms with Crippen LogP contribution in [0.5, 0.6) is 0 Å². The summed E-state index contributed by atoms with van der Waals surface area (Å²) in [7, 11) is 0. The monoisotopic (exact) mass is 477 g/mol. The molecule has 1 unspecified atom stereocenters. The molecule has 2 heterocycles. The van der Waals surface area contributed by atoms with Gasteiger partial charge in [-0.2, -0.15) is 0 Å². The van der Waals surface area contributed by atoms with Crippen LogP contribution in [0.15, 0.2) is 28.6 Å². The van der Waals surface area contributed by atoms with Crippen molar-refractivity contribution in [2.75, 3.05) is 30.3 Å². The van der Waals surface area contributed by atoms with Crippen molar-refractivity contribution >= 4 is 57.4 Å². The minimum Gasteiger partial charge on any atom is -0.466 e. The second-order valence-electron chi connectivity index (χ2n) is 7.37. The molecular formula is C21H27N5O4S2. The van der Waals surface area contributed by atoms with Crippen molar-refractivity contribution in [3.8, 4) is 0 Å². The maximum atomic E-state index is 12.8. The fourth-order valence-electron chi connectivity index (χ4n) is 3.36. The van der Waals surface area contributed by atoms with Crippen molar-refractivity contribution < 1.29 is 19.1 Å². The fourth-order valence-corrected chi connectivity index (χ4v) is 5.36. The number of amides is 2. The van der Waals surface area contributed by atoms with Crippen LogP contribution in [-0.2, 0) is 19.1 Å². The molecule has 11 heteroatoms. The van der Waals surface area contributed by atoms with Gasteiger partial charge in [0.25, 0.3) is 0 Å². The molecule has 2 N–H and O–H groups in total. The number of nitrogens with zero attached hydrogens (tertiary/aromatic N) is 3. The maximum absolute atomic E-state index is 12.8. The third kappa shape index (κ3) is 6.67. The van der Waals surface area contributed by atoms with Crippen molar-refractivity contribution in [2.24, 2.45) is 5.92 Å². The van der Waals surface area contributed by atoms with E-state index in [0.29, 0.717) is 47.7 Å². The van der Waals surface area contributed by atoms with Gasteiger partial charge in [0.05, 0.1) is 17.8 Å². The zero-order chi connectivity index (χ0) is 23.1. The van der Waals surface area contributed by atoms with Gasteiger partial charge in [-0.1, -0.05) is 29.2 Å². The number of hydrogen-bond donors (Lipinski definition) is 2. The van der Waals surface area contributed by atoms with Crippen LogP contribution in [0.3, 0.4) is 0 Å². The second-order valence-corrected chi connectivity index (χ2v) is 9.94. The van der Waals surface area contributed by atoms with Crippen molar-refractivity contribution in [3.63, 3.8) is 0 Å². The largest absolute Gasteiger partial charge is 0.466 e. The molecule has 0 aliphatic carbocycles. The van der Waals surface area contributed by atoms with Gasteiger partial charge in [0.2, 0.25) is 16.9 Å². The number of benzene rings is 1. The quantitative estimate of drug-likeness (QED) is 0.439. The number of rotatable bonds is 8. The van der Waals surface area contributed by atoms with E-state index in [0.717, 1.165) is 5.69 Å². The van der Waals surface area contributed by atoms with Gasteiger partial charge in [-0.05, 0) is 44.9 Å². The molecule has 0 saturated carbocycles. The first-order valence-corrected chi connectivity index (χ1v) is 12.2. The lowest BCUT2D eigenvalue weighted by Gasteiger charge is -2.32. The number of thioether (sulfide) groups is 1. The van der Waals surface area contributed by atoms with E-state index < -0.39 is 0 Å². The summed E-state index contributed by atoms with van der Waals surface area (Å²) in [5.74, 6) is -0.396. The number of esters is 1. The van der Waals surface area contributed by atoms with Crippen LogP contribution in [0, 0.1) is 5.92 Å². The summed E-state index contributed by atoms with van der Waals surface area (Å²) in [5.41, 5.74) is 1.46. The van der Waals surface area contributed by atoms with Crippen LogP contribution in [0.1, 0.15) is 33.6 Å². The average molecular weight is 478 g/mol. The van der Waals surface area contributed by atoms with Crippen LogP contribution >= 0.6 is 23.1 Å². The molecule has 1 aromatic carbocycles. The van der Waals surface area contributed by atoms with E-state index in [1.165, 1.54) is 30.0 Å². The Balaban J connectivity index is 1.51. The van der Waals surface area contributed by atoms with Gasteiger partial charge < -0.3 is 20.3 Å². The van der Waals surface area contributed by atoms with Crippen molar-refractivity contribution in [1.29, 1.82) is 0 Å². The van der Waals surface area contributed by atoms with E-state index >= 15 is 0 Å². The Kier molecular flexibility index (Phi) is 8.46. The van der Waals surface area contributed by atoms with Gasteiger partial charge in [-0.25, -0.2) is 0 Å². The highest BCUT2D eigenvalue weighted by molar-refractivity contribution is 8.02. The lowest BCUT2D eigenvalue weighted by Crippen LogP contribution is -2.43. The van der Waals surface area contributed by atoms with Gasteiger partial charge in [0.15, 0.2) is 4.34 Å².